The number of rotatable bonds is 8. The lowest BCUT2D eigenvalue weighted by molar-refractivity contribution is 0.0945. The van der Waals surface area contributed by atoms with E-state index in [0.717, 1.165) is 49.6 Å². The molecule has 1 aromatic heterocycles. The molecule has 2 saturated heterocycles. The average Bonchev–Trinajstić information content (AvgIpc) is 3.36. The minimum absolute atomic E-state index is 0.0400. The van der Waals surface area contributed by atoms with Crippen LogP contribution >= 0.6 is 11.8 Å². The molecule has 39 heavy (non-hydrogen) atoms. The minimum Gasteiger partial charge on any atom is -0.382 e. The lowest BCUT2D eigenvalue weighted by Crippen LogP contribution is -2.39. The van der Waals surface area contributed by atoms with Crippen LogP contribution in [0.25, 0.3) is 16.6 Å². The number of piperidine rings is 1. The minimum atomic E-state index is -0.463. The van der Waals surface area contributed by atoms with E-state index < -0.39 is 17.2 Å². The molecule has 3 aliphatic rings. The Balaban J connectivity index is 1.33. The first-order valence-electron chi connectivity index (χ1n) is 14.1. The van der Waals surface area contributed by atoms with Crippen molar-refractivity contribution in [3.63, 3.8) is 0 Å². The number of amides is 1. The molecule has 0 saturated carbocycles. The fraction of sp³-hybridized carbons (Fsp3) is 0.467. The third-order valence-electron chi connectivity index (χ3n) is 8.39. The van der Waals surface area contributed by atoms with Crippen molar-refractivity contribution >= 4 is 34.3 Å². The van der Waals surface area contributed by atoms with Crippen molar-refractivity contribution < 1.29 is 9.18 Å². The lowest BCUT2D eigenvalue weighted by atomic mass is 10.1. The second-order valence-corrected chi connectivity index (χ2v) is 12.0. The van der Waals surface area contributed by atoms with E-state index in [1.807, 2.05) is 28.8 Å². The molecular formula is C30H36FN5O2S. The number of benzene rings is 2. The van der Waals surface area contributed by atoms with Crippen LogP contribution in [0.4, 0.5) is 10.1 Å². The van der Waals surface area contributed by atoms with Gasteiger partial charge in [0.2, 0.25) is 5.43 Å². The summed E-state index contributed by atoms with van der Waals surface area (Å²) in [5.41, 5.74) is 1.56. The highest BCUT2D eigenvalue weighted by atomic mass is 32.2. The zero-order valence-electron chi connectivity index (χ0n) is 22.5. The summed E-state index contributed by atoms with van der Waals surface area (Å²) in [4.78, 5) is 33.2. The van der Waals surface area contributed by atoms with Gasteiger partial charge in [0.1, 0.15) is 11.4 Å². The van der Waals surface area contributed by atoms with Gasteiger partial charge in [0.05, 0.1) is 27.2 Å². The quantitative estimate of drug-likeness (QED) is 0.332. The summed E-state index contributed by atoms with van der Waals surface area (Å²) in [7, 11) is 2.14. The molecule has 206 valence electrons. The van der Waals surface area contributed by atoms with E-state index in [-0.39, 0.29) is 10.9 Å². The summed E-state index contributed by atoms with van der Waals surface area (Å²) >= 11 is 1.47. The van der Waals surface area contributed by atoms with Crippen LogP contribution in [0.15, 0.2) is 51.1 Å². The third-order valence-corrected chi connectivity index (χ3v) is 9.56. The molecule has 3 aliphatic heterocycles. The second-order valence-electron chi connectivity index (χ2n) is 10.9. The monoisotopic (exact) mass is 549 g/mol. The first-order valence-corrected chi connectivity index (χ1v) is 15.0. The van der Waals surface area contributed by atoms with Gasteiger partial charge in [-0.2, -0.15) is 0 Å². The molecule has 2 aromatic carbocycles. The summed E-state index contributed by atoms with van der Waals surface area (Å²) < 4.78 is 17.6. The maximum atomic E-state index is 15.7. The third kappa shape index (κ3) is 5.19. The highest BCUT2D eigenvalue weighted by Crippen LogP contribution is 2.46. The van der Waals surface area contributed by atoms with Gasteiger partial charge in [-0.1, -0.05) is 30.3 Å². The van der Waals surface area contributed by atoms with E-state index >= 15 is 4.39 Å². The highest BCUT2D eigenvalue weighted by molar-refractivity contribution is 8.00. The van der Waals surface area contributed by atoms with Crippen molar-refractivity contribution in [3.05, 3.63) is 58.1 Å². The maximum absolute atomic E-state index is 15.7. The number of carbonyl (C=O) groups is 1. The van der Waals surface area contributed by atoms with E-state index in [4.69, 9.17) is 0 Å². The van der Waals surface area contributed by atoms with Crippen molar-refractivity contribution in [2.75, 3.05) is 51.6 Å². The Hall–Kier alpha value is -2.88. The summed E-state index contributed by atoms with van der Waals surface area (Å²) in [6.07, 6.45) is 8.55. The van der Waals surface area contributed by atoms with Crippen LogP contribution in [0.5, 0.6) is 0 Å². The SMILES string of the molecule is CN1CCCC1CCNc1c(F)cc2c(=O)c(C(=O)NCCN3CCCCC3)cn3c2c1Sc1ccccc1-3. The van der Waals surface area contributed by atoms with Crippen LogP contribution in [0.3, 0.4) is 0 Å². The van der Waals surface area contributed by atoms with E-state index in [1.165, 1.54) is 43.5 Å². The van der Waals surface area contributed by atoms with Crippen LogP contribution in [0.2, 0.25) is 0 Å². The van der Waals surface area contributed by atoms with Crippen LogP contribution in [-0.4, -0.2) is 72.6 Å². The topological polar surface area (TPSA) is 69.6 Å². The van der Waals surface area contributed by atoms with Crippen LogP contribution < -0.4 is 16.1 Å². The summed E-state index contributed by atoms with van der Waals surface area (Å²) in [6, 6.07) is 9.66. The molecule has 2 fully saturated rings. The first-order chi connectivity index (χ1) is 19.0. The largest absolute Gasteiger partial charge is 0.382 e. The van der Waals surface area contributed by atoms with Crippen molar-refractivity contribution in [3.8, 4) is 5.69 Å². The van der Waals surface area contributed by atoms with Crippen LogP contribution in [0.1, 0.15) is 48.9 Å². The van der Waals surface area contributed by atoms with E-state index in [1.54, 1.807) is 6.20 Å². The molecule has 6 rings (SSSR count). The van der Waals surface area contributed by atoms with E-state index in [9.17, 15) is 9.59 Å². The number of pyridine rings is 1. The number of para-hydroxylation sites is 1. The Kier molecular flexibility index (Phi) is 7.64. The van der Waals surface area contributed by atoms with Gasteiger partial charge < -0.3 is 25.0 Å². The molecule has 2 N–H and O–H groups in total. The Bertz CT molecular complexity index is 1450. The highest BCUT2D eigenvalue weighted by Gasteiger charge is 2.28. The molecule has 4 heterocycles. The van der Waals surface area contributed by atoms with Crippen molar-refractivity contribution in [2.45, 2.75) is 54.4 Å². The van der Waals surface area contributed by atoms with E-state index in [2.05, 4.69) is 27.5 Å². The number of aromatic nitrogens is 1. The number of hydrogen-bond acceptors (Lipinski definition) is 6. The molecule has 1 amide bonds. The fourth-order valence-corrected chi connectivity index (χ4v) is 7.42. The smallest absolute Gasteiger partial charge is 0.256 e. The Labute approximate surface area is 232 Å². The molecule has 0 bridgehead atoms. The van der Waals surface area contributed by atoms with Gasteiger partial charge in [-0.15, -0.1) is 0 Å². The fourth-order valence-electron chi connectivity index (χ4n) is 6.21. The Morgan fingerprint density at radius 3 is 2.72 bits per heavy atom. The summed E-state index contributed by atoms with van der Waals surface area (Å²) in [5.74, 6) is -0.876. The Morgan fingerprint density at radius 2 is 1.92 bits per heavy atom. The molecule has 1 unspecified atom stereocenters. The molecule has 7 nitrogen and oxygen atoms in total. The second kappa shape index (κ2) is 11.3. The molecule has 0 radical (unpaired) electrons. The molecule has 1 atom stereocenters. The molecule has 9 heteroatoms. The van der Waals surface area contributed by atoms with Gasteiger partial charge in [0.25, 0.3) is 5.91 Å². The zero-order chi connectivity index (χ0) is 26.9. The number of hydrogen-bond donors (Lipinski definition) is 2. The van der Waals surface area contributed by atoms with Gasteiger partial charge in [-0.05, 0) is 77.0 Å². The number of carbonyl (C=O) groups excluding carboxylic acids is 1. The number of nitrogens with one attached hydrogen (secondary N) is 2. The first kappa shape index (κ1) is 26.3. The predicted octanol–water partition coefficient (Wildman–Crippen LogP) is 4.71. The molecule has 0 aliphatic carbocycles. The van der Waals surface area contributed by atoms with Crippen molar-refractivity contribution in [2.24, 2.45) is 0 Å². The molecule has 3 aromatic rings. The standard InChI is InChI=1S/C30H36FN5O2S/c1-34-14-7-8-20(34)11-12-32-26-23(31)18-21-27-29(26)39-25-10-4-3-9-24(25)36(27)19-22(28(21)37)30(38)33-13-17-35-15-5-2-6-16-35/h3-4,9-10,18-20,32H,2,5-8,11-17H2,1H3,(H,33,38). The lowest BCUT2D eigenvalue weighted by Gasteiger charge is -2.27. The Morgan fingerprint density at radius 1 is 1.10 bits per heavy atom. The number of likely N-dealkylation sites (tertiary alicyclic amines) is 2. The predicted molar refractivity (Wildman–Crippen MR) is 155 cm³/mol. The van der Waals surface area contributed by atoms with Crippen LogP contribution in [-0.2, 0) is 0 Å². The van der Waals surface area contributed by atoms with Gasteiger partial charge >= 0.3 is 0 Å². The normalized spacial score (nSPS) is 19.3. The van der Waals surface area contributed by atoms with Gasteiger partial charge in [0.15, 0.2) is 0 Å². The van der Waals surface area contributed by atoms with Crippen LogP contribution in [0, 0.1) is 5.82 Å². The molecule has 0 spiro atoms. The van der Waals surface area contributed by atoms with E-state index in [0.29, 0.717) is 35.2 Å². The number of anilines is 1. The van der Waals surface area contributed by atoms with Crippen molar-refractivity contribution in [1.82, 2.24) is 19.7 Å². The zero-order valence-corrected chi connectivity index (χ0v) is 23.3. The number of nitrogens with zero attached hydrogens (tertiary/aromatic N) is 3. The summed E-state index contributed by atoms with van der Waals surface area (Å²) in [5, 5.41) is 6.52. The van der Waals surface area contributed by atoms with Gasteiger partial charge in [0, 0.05) is 36.8 Å². The summed E-state index contributed by atoms with van der Waals surface area (Å²) in [6.45, 7) is 5.08. The maximum Gasteiger partial charge on any atom is 0.256 e. The molecular weight excluding hydrogens is 513 g/mol. The average molecular weight is 550 g/mol. The number of fused-ring (bicyclic) bond motifs is 2. The van der Waals surface area contributed by atoms with Gasteiger partial charge in [-0.3, -0.25) is 9.59 Å². The number of halogens is 1. The van der Waals surface area contributed by atoms with Gasteiger partial charge in [-0.25, -0.2) is 4.39 Å². The van der Waals surface area contributed by atoms with Crippen molar-refractivity contribution in [1.29, 1.82) is 0 Å².